The number of hydrogen-bond acceptors (Lipinski definition) is 3. The number of rotatable bonds is 6. The third-order valence-corrected chi connectivity index (χ3v) is 2.34. The molecule has 0 radical (unpaired) electrons. The van der Waals surface area contributed by atoms with Gasteiger partial charge < -0.3 is 15.7 Å². The van der Waals surface area contributed by atoms with E-state index in [0.29, 0.717) is 0 Å². The van der Waals surface area contributed by atoms with Gasteiger partial charge in [0.1, 0.15) is 0 Å². The largest absolute Gasteiger partial charge is 0.393 e. The highest BCUT2D eigenvalue weighted by Crippen LogP contribution is 2.09. The summed E-state index contributed by atoms with van der Waals surface area (Å²) < 4.78 is 0. The van der Waals surface area contributed by atoms with Gasteiger partial charge in [-0.25, -0.2) is 0 Å². The van der Waals surface area contributed by atoms with Gasteiger partial charge in [-0.3, -0.25) is 4.79 Å². The van der Waals surface area contributed by atoms with Crippen LogP contribution >= 0.6 is 0 Å². The minimum atomic E-state index is -0.260. The molecule has 0 saturated heterocycles. The van der Waals surface area contributed by atoms with Crippen LogP contribution in [0.1, 0.15) is 25.8 Å². The molecule has 0 saturated carbocycles. The molecule has 1 rings (SSSR count). The van der Waals surface area contributed by atoms with Crippen LogP contribution in [0.5, 0.6) is 0 Å². The summed E-state index contributed by atoms with van der Waals surface area (Å²) in [5.74, 6) is -0.0622. The van der Waals surface area contributed by atoms with Crippen molar-refractivity contribution in [1.29, 1.82) is 0 Å². The first kappa shape index (κ1) is 13.7. The van der Waals surface area contributed by atoms with E-state index >= 15 is 0 Å². The number of aliphatic hydroxyl groups is 1. The Morgan fingerprint density at radius 1 is 1.35 bits per heavy atom. The van der Waals surface area contributed by atoms with Crippen LogP contribution in [0.4, 0.5) is 5.69 Å². The third-order valence-electron chi connectivity index (χ3n) is 2.34. The molecule has 3 N–H and O–H groups in total. The Morgan fingerprint density at radius 3 is 2.53 bits per heavy atom. The molecule has 4 nitrogen and oxygen atoms in total. The van der Waals surface area contributed by atoms with Crippen LogP contribution in [0.2, 0.25) is 0 Å². The predicted molar refractivity (Wildman–Crippen MR) is 68.8 cm³/mol. The van der Waals surface area contributed by atoms with Gasteiger partial charge in [0.05, 0.1) is 6.10 Å². The fourth-order valence-electron chi connectivity index (χ4n) is 1.45. The van der Waals surface area contributed by atoms with Gasteiger partial charge in [0.2, 0.25) is 5.91 Å². The van der Waals surface area contributed by atoms with E-state index in [0.717, 1.165) is 30.8 Å². The zero-order chi connectivity index (χ0) is 12.7. The summed E-state index contributed by atoms with van der Waals surface area (Å²) in [5.41, 5.74) is 1.97. The van der Waals surface area contributed by atoms with Crippen molar-refractivity contribution in [2.24, 2.45) is 0 Å². The molecule has 0 heterocycles. The maximum atomic E-state index is 10.8. The number of aliphatic hydroxyl groups excluding tert-OH is 1. The molecule has 1 amide bonds. The first-order valence-corrected chi connectivity index (χ1v) is 5.83. The summed E-state index contributed by atoms with van der Waals surface area (Å²) in [7, 11) is 0. The molecule has 4 heteroatoms. The van der Waals surface area contributed by atoms with Crippen LogP contribution in [0.3, 0.4) is 0 Å². The molecule has 0 aliphatic carbocycles. The van der Waals surface area contributed by atoms with Gasteiger partial charge in [0, 0.05) is 19.2 Å². The Labute approximate surface area is 102 Å². The van der Waals surface area contributed by atoms with Crippen LogP contribution in [0.25, 0.3) is 0 Å². The summed E-state index contributed by atoms with van der Waals surface area (Å²) >= 11 is 0. The molecule has 1 unspecified atom stereocenters. The van der Waals surface area contributed by atoms with Gasteiger partial charge in [0.25, 0.3) is 0 Å². The molecule has 0 fully saturated rings. The van der Waals surface area contributed by atoms with Gasteiger partial charge in [-0.15, -0.1) is 0 Å². The molecule has 1 aromatic rings. The lowest BCUT2D eigenvalue weighted by atomic mass is 10.2. The SMILES string of the molecule is CC(=O)Nc1ccc(CNCCC(C)O)cc1. The van der Waals surface area contributed by atoms with E-state index in [1.165, 1.54) is 6.92 Å². The van der Waals surface area contributed by atoms with Crippen LogP contribution in [0.15, 0.2) is 24.3 Å². The van der Waals surface area contributed by atoms with Crippen molar-refractivity contribution in [2.75, 3.05) is 11.9 Å². The lowest BCUT2D eigenvalue weighted by Gasteiger charge is -2.07. The highest BCUT2D eigenvalue weighted by molar-refractivity contribution is 5.88. The normalized spacial score (nSPS) is 12.2. The van der Waals surface area contributed by atoms with Crippen molar-refractivity contribution in [2.45, 2.75) is 32.9 Å². The quantitative estimate of drug-likeness (QED) is 0.656. The second-order valence-corrected chi connectivity index (χ2v) is 4.19. The highest BCUT2D eigenvalue weighted by atomic mass is 16.3. The summed E-state index contributed by atoms with van der Waals surface area (Å²) in [6, 6.07) is 7.71. The van der Waals surface area contributed by atoms with Crippen molar-refractivity contribution in [1.82, 2.24) is 5.32 Å². The Bertz CT molecular complexity index is 347. The van der Waals surface area contributed by atoms with Crippen molar-refractivity contribution in [3.05, 3.63) is 29.8 Å². The Kier molecular flexibility index (Phi) is 5.66. The molecule has 94 valence electrons. The number of carbonyl (C=O) groups is 1. The maximum absolute atomic E-state index is 10.8. The molecule has 0 spiro atoms. The minimum Gasteiger partial charge on any atom is -0.393 e. The van der Waals surface area contributed by atoms with Crippen LogP contribution in [0, 0.1) is 0 Å². The van der Waals surface area contributed by atoms with Crippen LogP contribution in [-0.4, -0.2) is 23.7 Å². The van der Waals surface area contributed by atoms with E-state index in [1.54, 1.807) is 6.92 Å². The topological polar surface area (TPSA) is 61.4 Å². The zero-order valence-corrected chi connectivity index (χ0v) is 10.4. The standard InChI is InChI=1S/C13H20N2O2/c1-10(16)7-8-14-9-12-3-5-13(6-4-12)15-11(2)17/h3-6,10,14,16H,7-9H2,1-2H3,(H,15,17). The van der Waals surface area contributed by atoms with Crippen molar-refractivity contribution in [3.8, 4) is 0 Å². The minimum absolute atomic E-state index is 0.0622. The first-order valence-electron chi connectivity index (χ1n) is 5.83. The van der Waals surface area contributed by atoms with Gasteiger partial charge in [0.15, 0.2) is 0 Å². The average Bonchev–Trinajstić information content (AvgIpc) is 2.25. The fourth-order valence-corrected chi connectivity index (χ4v) is 1.45. The summed E-state index contributed by atoms with van der Waals surface area (Å²) in [4.78, 5) is 10.8. The van der Waals surface area contributed by atoms with Crippen molar-refractivity contribution >= 4 is 11.6 Å². The molecule has 1 atom stereocenters. The number of anilines is 1. The first-order chi connectivity index (χ1) is 8.08. The van der Waals surface area contributed by atoms with Crippen molar-refractivity contribution < 1.29 is 9.90 Å². The van der Waals surface area contributed by atoms with E-state index in [4.69, 9.17) is 5.11 Å². The van der Waals surface area contributed by atoms with Gasteiger partial charge in [-0.1, -0.05) is 12.1 Å². The average molecular weight is 236 g/mol. The lowest BCUT2D eigenvalue weighted by Crippen LogP contribution is -2.18. The van der Waals surface area contributed by atoms with Crippen LogP contribution < -0.4 is 10.6 Å². The predicted octanol–water partition coefficient (Wildman–Crippen LogP) is 1.51. The number of nitrogens with one attached hydrogen (secondary N) is 2. The molecule has 1 aromatic carbocycles. The number of carbonyl (C=O) groups excluding carboxylic acids is 1. The van der Waals surface area contributed by atoms with E-state index in [1.807, 2.05) is 24.3 Å². The van der Waals surface area contributed by atoms with Gasteiger partial charge in [-0.2, -0.15) is 0 Å². The van der Waals surface area contributed by atoms with Crippen LogP contribution in [-0.2, 0) is 11.3 Å². The van der Waals surface area contributed by atoms with E-state index in [9.17, 15) is 4.79 Å². The zero-order valence-electron chi connectivity index (χ0n) is 10.4. The summed E-state index contributed by atoms with van der Waals surface area (Å²) in [6.07, 6.45) is 0.494. The lowest BCUT2D eigenvalue weighted by molar-refractivity contribution is -0.114. The Morgan fingerprint density at radius 2 is 2.00 bits per heavy atom. The number of hydrogen-bond donors (Lipinski definition) is 3. The Balaban J connectivity index is 2.32. The number of amides is 1. The smallest absolute Gasteiger partial charge is 0.221 e. The second kappa shape index (κ2) is 7.04. The van der Waals surface area contributed by atoms with E-state index < -0.39 is 0 Å². The molecule has 0 aromatic heterocycles. The van der Waals surface area contributed by atoms with Gasteiger partial charge >= 0.3 is 0 Å². The Hall–Kier alpha value is -1.39. The monoisotopic (exact) mass is 236 g/mol. The second-order valence-electron chi connectivity index (χ2n) is 4.19. The van der Waals surface area contributed by atoms with E-state index in [-0.39, 0.29) is 12.0 Å². The molecular weight excluding hydrogens is 216 g/mol. The molecule has 0 aliphatic rings. The maximum Gasteiger partial charge on any atom is 0.221 e. The fraction of sp³-hybridized carbons (Fsp3) is 0.462. The van der Waals surface area contributed by atoms with E-state index in [2.05, 4.69) is 10.6 Å². The van der Waals surface area contributed by atoms with Gasteiger partial charge in [-0.05, 0) is 37.6 Å². The molecule has 0 aliphatic heterocycles. The molecular formula is C13H20N2O2. The molecule has 0 bridgehead atoms. The summed E-state index contributed by atoms with van der Waals surface area (Å²) in [6.45, 7) is 4.84. The third kappa shape index (κ3) is 6.04. The number of benzene rings is 1. The highest BCUT2D eigenvalue weighted by Gasteiger charge is 1.97. The summed E-state index contributed by atoms with van der Waals surface area (Å²) in [5, 5.41) is 15.1. The van der Waals surface area contributed by atoms with Crippen molar-refractivity contribution in [3.63, 3.8) is 0 Å². The molecule has 17 heavy (non-hydrogen) atoms.